The molecule has 5 rings (SSSR count). The Morgan fingerprint density at radius 2 is 2.00 bits per heavy atom. The molecule has 1 N–H and O–H groups in total. The Morgan fingerprint density at radius 1 is 1.18 bits per heavy atom. The van der Waals surface area contributed by atoms with Gasteiger partial charge in [-0.15, -0.1) is 0 Å². The first-order valence-electron chi connectivity index (χ1n) is 10.8. The van der Waals surface area contributed by atoms with Crippen LogP contribution in [0.25, 0.3) is 10.9 Å². The molecule has 0 spiro atoms. The number of halogens is 1. The molecule has 2 amide bonds. The Bertz CT molecular complexity index is 1230. The third kappa shape index (κ3) is 4.41. The number of likely N-dealkylation sites (tertiary alicyclic amines) is 1. The van der Waals surface area contributed by atoms with Crippen molar-refractivity contribution < 1.29 is 19.1 Å². The zero-order valence-electron chi connectivity index (χ0n) is 17.7. The highest BCUT2D eigenvalue weighted by atomic mass is 79.9. The topological polar surface area (TPSA) is 88.6 Å². The summed E-state index contributed by atoms with van der Waals surface area (Å²) in [5.41, 5.74) is 2.15. The van der Waals surface area contributed by atoms with E-state index in [4.69, 9.17) is 4.74 Å². The highest BCUT2D eigenvalue weighted by molar-refractivity contribution is 9.10. The zero-order chi connectivity index (χ0) is 22.9. The Labute approximate surface area is 199 Å². The predicted octanol–water partition coefficient (Wildman–Crippen LogP) is 2.91. The van der Waals surface area contributed by atoms with E-state index >= 15 is 0 Å². The third-order valence-corrected chi connectivity index (χ3v) is 6.75. The van der Waals surface area contributed by atoms with E-state index in [1.807, 2.05) is 36.4 Å². The normalized spacial score (nSPS) is 20.6. The molecule has 33 heavy (non-hydrogen) atoms. The van der Waals surface area contributed by atoms with Gasteiger partial charge in [-0.3, -0.25) is 19.4 Å². The highest BCUT2D eigenvalue weighted by Crippen LogP contribution is 2.28. The van der Waals surface area contributed by atoms with Crippen molar-refractivity contribution in [3.63, 3.8) is 0 Å². The van der Waals surface area contributed by atoms with E-state index in [0.717, 1.165) is 20.9 Å². The van der Waals surface area contributed by atoms with E-state index in [1.165, 1.54) is 0 Å². The summed E-state index contributed by atoms with van der Waals surface area (Å²) in [6.45, 7) is 0.474. The van der Waals surface area contributed by atoms with Gasteiger partial charge < -0.3 is 15.0 Å². The summed E-state index contributed by atoms with van der Waals surface area (Å²) in [7, 11) is 0. The van der Waals surface area contributed by atoms with Crippen LogP contribution >= 0.6 is 15.9 Å². The Balaban J connectivity index is 1.41. The van der Waals surface area contributed by atoms with Gasteiger partial charge in [0.05, 0.1) is 11.6 Å². The van der Waals surface area contributed by atoms with Crippen molar-refractivity contribution in [2.45, 2.75) is 31.0 Å². The number of aromatic nitrogens is 1. The minimum atomic E-state index is -0.810. The van der Waals surface area contributed by atoms with Crippen LogP contribution in [0.2, 0.25) is 0 Å². The number of benzene rings is 2. The first-order valence-corrected chi connectivity index (χ1v) is 11.6. The second-order valence-corrected chi connectivity index (χ2v) is 9.26. The Morgan fingerprint density at radius 3 is 2.82 bits per heavy atom. The van der Waals surface area contributed by atoms with Crippen molar-refractivity contribution in [3.05, 3.63) is 76.4 Å². The standard InChI is InChI=1S/C25H22BrN3O4/c26-18-6-3-15(4-7-18)12-20(25(32)29-11-9-22-23(29)21(30)14-33-22)28-24(31)17-5-8-19-16(13-17)2-1-10-27-19/h1-8,10,13,20,22-23H,9,11-12,14H2,(H,28,31). The molecular formula is C25H22BrN3O4. The molecule has 7 nitrogen and oxygen atoms in total. The number of ketones is 1. The number of carbonyl (C=O) groups is 3. The molecule has 2 saturated heterocycles. The maximum atomic E-state index is 13.6. The van der Waals surface area contributed by atoms with E-state index in [1.54, 1.807) is 29.3 Å². The molecule has 2 aliphatic rings. The molecule has 0 bridgehead atoms. The lowest BCUT2D eigenvalue weighted by Crippen LogP contribution is -2.53. The van der Waals surface area contributed by atoms with Crippen LogP contribution in [0.4, 0.5) is 0 Å². The summed E-state index contributed by atoms with van der Waals surface area (Å²) in [6, 6.07) is 15.2. The van der Waals surface area contributed by atoms with Crippen LogP contribution in [0.3, 0.4) is 0 Å². The van der Waals surface area contributed by atoms with Crippen LogP contribution in [0.1, 0.15) is 22.3 Å². The molecule has 3 aromatic rings. The molecule has 168 valence electrons. The molecule has 0 aliphatic carbocycles. The van der Waals surface area contributed by atoms with E-state index < -0.39 is 12.1 Å². The Hall–Kier alpha value is -3.10. The minimum Gasteiger partial charge on any atom is -0.368 e. The highest BCUT2D eigenvalue weighted by Gasteiger charge is 2.48. The number of ether oxygens (including phenoxy) is 1. The summed E-state index contributed by atoms with van der Waals surface area (Å²) < 4.78 is 6.46. The van der Waals surface area contributed by atoms with Gasteiger partial charge in [0.2, 0.25) is 5.91 Å². The number of amides is 2. The number of fused-ring (bicyclic) bond motifs is 2. The van der Waals surface area contributed by atoms with Gasteiger partial charge in [0.15, 0.2) is 5.78 Å². The smallest absolute Gasteiger partial charge is 0.251 e. The minimum absolute atomic E-state index is 0.0357. The molecule has 3 atom stereocenters. The van der Waals surface area contributed by atoms with Gasteiger partial charge in [0.25, 0.3) is 5.91 Å². The number of Topliss-reactive ketones (excluding diaryl/α,β-unsaturated/α-hetero) is 1. The Kier molecular flexibility index (Phi) is 5.95. The maximum Gasteiger partial charge on any atom is 0.251 e. The van der Waals surface area contributed by atoms with Crippen LogP contribution in [-0.2, 0) is 20.7 Å². The van der Waals surface area contributed by atoms with Crippen molar-refractivity contribution in [3.8, 4) is 0 Å². The summed E-state index contributed by atoms with van der Waals surface area (Å²) in [4.78, 5) is 44.9. The molecule has 0 radical (unpaired) electrons. The molecule has 2 aromatic carbocycles. The predicted molar refractivity (Wildman–Crippen MR) is 126 cm³/mol. The fraction of sp³-hybridized carbons (Fsp3) is 0.280. The van der Waals surface area contributed by atoms with Gasteiger partial charge in [-0.05, 0) is 48.4 Å². The van der Waals surface area contributed by atoms with Crippen molar-refractivity contribution in [2.24, 2.45) is 0 Å². The average Bonchev–Trinajstić information content (AvgIpc) is 3.42. The number of carbonyl (C=O) groups excluding carboxylic acids is 3. The van der Waals surface area contributed by atoms with E-state index in [9.17, 15) is 14.4 Å². The molecule has 2 fully saturated rings. The van der Waals surface area contributed by atoms with Gasteiger partial charge in [-0.2, -0.15) is 0 Å². The first kappa shape index (κ1) is 21.7. The van der Waals surface area contributed by atoms with Crippen LogP contribution in [-0.4, -0.2) is 58.8 Å². The van der Waals surface area contributed by atoms with Gasteiger partial charge in [0.1, 0.15) is 18.7 Å². The molecular weight excluding hydrogens is 486 g/mol. The van der Waals surface area contributed by atoms with Crippen LogP contribution < -0.4 is 5.32 Å². The average molecular weight is 508 g/mol. The molecule has 3 heterocycles. The van der Waals surface area contributed by atoms with Crippen molar-refractivity contribution in [1.82, 2.24) is 15.2 Å². The van der Waals surface area contributed by atoms with Gasteiger partial charge in [0, 0.05) is 34.6 Å². The number of pyridine rings is 1. The van der Waals surface area contributed by atoms with Gasteiger partial charge >= 0.3 is 0 Å². The van der Waals surface area contributed by atoms with Crippen LogP contribution in [0.15, 0.2) is 65.3 Å². The van der Waals surface area contributed by atoms with E-state index in [-0.39, 0.29) is 30.3 Å². The number of hydrogen-bond acceptors (Lipinski definition) is 5. The second-order valence-electron chi connectivity index (χ2n) is 8.35. The quantitative estimate of drug-likeness (QED) is 0.573. The summed E-state index contributed by atoms with van der Waals surface area (Å²) in [5.74, 6) is -0.692. The summed E-state index contributed by atoms with van der Waals surface area (Å²) in [6.07, 6.45) is 2.39. The molecule has 1 aromatic heterocycles. The first-order chi connectivity index (χ1) is 16.0. The lowest BCUT2D eigenvalue weighted by atomic mass is 10.0. The SMILES string of the molecule is O=C(NC(Cc1ccc(Br)cc1)C(=O)N1CCC2OCC(=O)C21)c1ccc2ncccc2c1. The fourth-order valence-corrected chi connectivity index (χ4v) is 4.82. The largest absolute Gasteiger partial charge is 0.368 e. The van der Waals surface area contributed by atoms with E-state index in [0.29, 0.717) is 24.9 Å². The third-order valence-electron chi connectivity index (χ3n) is 6.22. The van der Waals surface area contributed by atoms with Crippen molar-refractivity contribution in [2.75, 3.05) is 13.2 Å². The van der Waals surface area contributed by atoms with Crippen molar-refractivity contribution in [1.29, 1.82) is 0 Å². The number of nitrogens with one attached hydrogen (secondary N) is 1. The second kappa shape index (κ2) is 9.03. The summed E-state index contributed by atoms with van der Waals surface area (Å²) in [5, 5.41) is 3.76. The molecule has 0 saturated carbocycles. The van der Waals surface area contributed by atoms with Gasteiger partial charge in [-0.1, -0.05) is 34.1 Å². The number of nitrogens with zero attached hydrogens (tertiary/aromatic N) is 2. The number of rotatable bonds is 5. The van der Waals surface area contributed by atoms with Gasteiger partial charge in [-0.25, -0.2) is 0 Å². The maximum absolute atomic E-state index is 13.6. The lowest BCUT2D eigenvalue weighted by Gasteiger charge is -2.27. The molecule has 2 aliphatic heterocycles. The zero-order valence-corrected chi connectivity index (χ0v) is 19.3. The monoisotopic (exact) mass is 507 g/mol. The van der Waals surface area contributed by atoms with Crippen LogP contribution in [0, 0.1) is 0 Å². The van der Waals surface area contributed by atoms with Crippen molar-refractivity contribution >= 4 is 44.4 Å². The fourth-order valence-electron chi connectivity index (χ4n) is 4.56. The molecule has 3 unspecified atom stereocenters. The number of hydrogen-bond donors (Lipinski definition) is 1. The van der Waals surface area contributed by atoms with E-state index in [2.05, 4.69) is 26.2 Å². The molecule has 8 heteroatoms. The van der Waals surface area contributed by atoms with Crippen LogP contribution in [0.5, 0.6) is 0 Å². The summed E-state index contributed by atoms with van der Waals surface area (Å²) >= 11 is 3.42. The lowest BCUT2D eigenvalue weighted by molar-refractivity contribution is -0.138.